The lowest BCUT2D eigenvalue weighted by molar-refractivity contribution is -0.228. The lowest BCUT2D eigenvalue weighted by Crippen LogP contribution is -2.49. The molecule has 1 aliphatic heterocycles. The van der Waals surface area contributed by atoms with Gasteiger partial charge in [-0.25, -0.2) is 13.6 Å². The number of aliphatic hydroxyl groups excluding tert-OH is 1. The van der Waals surface area contributed by atoms with Crippen molar-refractivity contribution in [1.82, 2.24) is 4.90 Å². The number of carbonyl (C=O) groups excluding carboxylic acids is 1. The summed E-state index contributed by atoms with van der Waals surface area (Å²) in [6.07, 6.45) is -5.45. The van der Waals surface area contributed by atoms with Gasteiger partial charge in [-0.1, -0.05) is 48.0 Å². The Morgan fingerprint density at radius 2 is 1.76 bits per heavy atom. The standard InChI is InChI=1S/C31H27ClF5NO4/c1-29(34,31(35,36)37)20-6-10-23-18(14-20)5-11-25-30(23,16-17-2-7-21(33)8-3-17)12-13-38(25)27(40)19-4-9-22(24(32)15-19)26(39)28(41)42/h2-4,6-10,14-15,25-26,39H,5,11-13,16H2,1H3,(H,41,42)/t25-,26?,29?,30-/m1/s1. The number of fused-ring (bicyclic) bond motifs is 3. The van der Waals surface area contributed by atoms with Crippen molar-refractivity contribution in [1.29, 1.82) is 0 Å². The summed E-state index contributed by atoms with van der Waals surface area (Å²) in [4.78, 5) is 26.6. The summed E-state index contributed by atoms with van der Waals surface area (Å²) in [5, 5.41) is 18.9. The number of rotatable bonds is 6. The van der Waals surface area contributed by atoms with Crippen LogP contribution in [0.25, 0.3) is 0 Å². The molecule has 2 N–H and O–H groups in total. The number of amides is 1. The Bertz CT molecular complexity index is 1540. The van der Waals surface area contributed by atoms with Crippen molar-refractivity contribution < 1.29 is 41.8 Å². The fourth-order valence-corrected chi connectivity index (χ4v) is 6.70. The Morgan fingerprint density at radius 3 is 2.38 bits per heavy atom. The van der Waals surface area contributed by atoms with Gasteiger partial charge in [-0.05, 0) is 79.1 Å². The molecule has 4 atom stereocenters. The highest BCUT2D eigenvalue weighted by atomic mass is 35.5. The van der Waals surface area contributed by atoms with Crippen LogP contribution in [0.1, 0.15) is 64.0 Å². The maximum Gasteiger partial charge on any atom is 0.426 e. The van der Waals surface area contributed by atoms with Gasteiger partial charge in [-0.3, -0.25) is 4.79 Å². The highest BCUT2D eigenvalue weighted by Crippen LogP contribution is 2.51. The number of aliphatic carboxylic acids is 1. The third-order valence-corrected chi connectivity index (χ3v) is 9.01. The Labute approximate surface area is 243 Å². The SMILES string of the molecule is CC(F)(c1ccc2c(c1)CC[C@H]1N(C(=O)c3ccc(C(O)C(=O)O)c(Cl)c3)CC[C@@]21Cc1ccc(F)cc1)C(F)(F)F. The Hall–Kier alpha value is -3.50. The second kappa shape index (κ2) is 10.6. The van der Waals surface area contributed by atoms with Crippen LogP contribution in [0.3, 0.4) is 0 Å². The molecule has 1 amide bonds. The minimum absolute atomic E-state index is 0.0612. The van der Waals surface area contributed by atoms with Gasteiger partial charge in [-0.2, -0.15) is 13.2 Å². The number of carbonyl (C=O) groups is 2. The van der Waals surface area contributed by atoms with Crippen LogP contribution < -0.4 is 0 Å². The number of likely N-dealkylation sites (tertiary alicyclic amines) is 1. The normalized spacial score (nSPS) is 22.2. The number of carboxylic acid groups (broad SMARTS) is 1. The molecular weight excluding hydrogens is 581 g/mol. The smallest absolute Gasteiger partial charge is 0.426 e. The number of nitrogens with zero attached hydrogens (tertiary/aromatic N) is 1. The zero-order valence-electron chi connectivity index (χ0n) is 22.4. The summed E-state index contributed by atoms with van der Waals surface area (Å²) < 4.78 is 69.1. The second-order valence-corrected chi connectivity index (χ2v) is 11.5. The first-order chi connectivity index (χ1) is 19.7. The van der Waals surface area contributed by atoms with E-state index >= 15 is 0 Å². The molecule has 11 heteroatoms. The van der Waals surface area contributed by atoms with Crippen LogP contribution in [-0.4, -0.2) is 45.8 Å². The van der Waals surface area contributed by atoms with Gasteiger partial charge in [0.1, 0.15) is 5.82 Å². The molecule has 0 saturated carbocycles. The first-order valence-corrected chi connectivity index (χ1v) is 13.7. The molecule has 1 saturated heterocycles. The fourth-order valence-electron chi connectivity index (χ4n) is 6.41. The van der Waals surface area contributed by atoms with Crippen LogP contribution >= 0.6 is 11.6 Å². The largest absolute Gasteiger partial charge is 0.479 e. The molecule has 2 aliphatic rings. The number of aliphatic hydroxyl groups is 1. The predicted octanol–water partition coefficient (Wildman–Crippen LogP) is 6.69. The first kappa shape index (κ1) is 30.0. The van der Waals surface area contributed by atoms with E-state index in [2.05, 4.69) is 0 Å². The third kappa shape index (κ3) is 5.04. The van der Waals surface area contributed by atoms with E-state index in [0.717, 1.165) is 17.2 Å². The molecule has 1 fully saturated rings. The zero-order chi connectivity index (χ0) is 30.6. The Balaban J connectivity index is 1.54. The molecule has 42 heavy (non-hydrogen) atoms. The minimum Gasteiger partial charge on any atom is -0.479 e. The van der Waals surface area contributed by atoms with Gasteiger partial charge in [-0.15, -0.1) is 0 Å². The molecule has 222 valence electrons. The van der Waals surface area contributed by atoms with E-state index in [-0.39, 0.29) is 22.1 Å². The molecule has 2 unspecified atom stereocenters. The summed E-state index contributed by atoms with van der Waals surface area (Å²) in [7, 11) is 0. The minimum atomic E-state index is -5.10. The van der Waals surface area contributed by atoms with Crippen molar-refractivity contribution >= 4 is 23.5 Å². The van der Waals surface area contributed by atoms with Crippen LogP contribution in [0.15, 0.2) is 60.7 Å². The number of alkyl halides is 4. The number of halogens is 6. The van der Waals surface area contributed by atoms with Gasteiger partial charge in [0.05, 0.1) is 0 Å². The van der Waals surface area contributed by atoms with E-state index in [4.69, 9.17) is 16.7 Å². The van der Waals surface area contributed by atoms with Crippen LogP contribution in [0.2, 0.25) is 5.02 Å². The van der Waals surface area contributed by atoms with E-state index in [1.165, 1.54) is 42.5 Å². The number of benzene rings is 3. The molecule has 0 spiro atoms. The monoisotopic (exact) mass is 607 g/mol. The van der Waals surface area contributed by atoms with Crippen molar-refractivity contribution in [2.45, 2.75) is 62.0 Å². The average Bonchev–Trinajstić information content (AvgIpc) is 3.31. The number of hydrogen-bond donors (Lipinski definition) is 2. The van der Waals surface area contributed by atoms with E-state index < -0.39 is 46.8 Å². The topological polar surface area (TPSA) is 77.8 Å². The lowest BCUT2D eigenvalue weighted by Gasteiger charge is -2.44. The number of carboxylic acids is 1. The summed E-state index contributed by atoms with van der Waals surface area (Å²) in [6.45, 7) is 0.795. The molecule has 1 aliphatic carbocycles. The van der Waals surface area contributed by atoms with Crippen molar-refractivity contribution in [2.24, 2.45) is 0 Å². The van der Waals surface area contributed by atoms with E-state index in [1.54, 1.807) is 17.0 Å². The molecule has 0 bridgehead atoms. The van der Waals surface area contributed by atoms with Crippen LogP contribution in [0.4, 0.5) is 22.0 Å². The van der Waals surface area contributed by atoms with E-state index in [1.807, 2.05) is 0 Å². The molecule has 5 nitrogen and oxygen atoms in total. The second-order valence-electron chi connectivity index (χ2n) is 11.1. The van der Waals surface area contributed by atoms with Gasteiger partial charge < -0.3 is 15.1 Å². The van der Waals surface area contributed by atoms with E-state index in [9.17, 15) is 36.6 Å². The molecule has 3 aromatic carbocycles. The molecular formula is C31H27ClF5NO4. The molecule has 5 rings (SSSR count). The molecule has 0 aromatic heterocycles. The van der Waals surface area contributed by atoms with Crippen LogP contribution in [0.5, 0.6) is 0 Å². The first-order valence-electron chi connectivity index (χ1n) is 13.3. The van der Waals surface area contributed by atoms with E-state index in [0.29, 0.717) is 44.7 Å². The molecule has 1 heterocycles. The zero-order valence-corrected chi connectivity index (χ0v) is 23.1. The Morgan fingerprint density at radius 1 is 1.07 bits per heavy atom. The van der Waals surface area contributed by atoms with Gasteiger partial charge in [0, 0.05) is 34.2 Å². The van der Waals surface area contributed by atoms with Gasteiger partial charge in [0.15, 0.2) is 6.10 Å². The average molecular weight is 608 g/mol. The number of aryl methyl sites for hydroxylation is 1. The maximum absolute atomic E-state index is 14.9. The lowest BCUT2D eigenvalue weighted by atomic mass is 9.63. The Kier molecular flexibility index (Phi) is 7.60. The van der Waals surface area contributed by atoms with Gasteiger partial charge in [0.2, 0.25) is 5.67 Å². The summed E-state index contributed by atoms with van der Waals surface area (Å²) in [6, 6.07) is 13.4. The quantitative estimate of drug-likeness (QED) is 0.306. The maximum atomic E-state index is 14.9. The molecule has 3 aromatic rings. The third-order valence-electron chi connectivity index (χ3n) is 8.69. The highest BCUT2D eigenvalue weighted by Gasteiger charge is 2.55. The number of hydrogen-bond acceptors (Lipinski definition) is 3. The summed E-state index contributed by atoms with van der Waals surface area (Å²) >= 11 is 6.22. The highest BCUT2D eigenvalue weighted by molar-refractivity contribution is 6.32. The van der Waals surface area contributed by atoms with Gasteiger partial charge in [0.25, 0.3) is 5.91 Å². The summed E-state index contributed by atoms with van der Waals surface area (Å²) in [5.41, 5.74) is -2.59. The molecule has 0 radical (unpaired) electrons. The van der Waals surface area contributed by atoms with Crippen LogP contribution in [0, 0.1) is 5.82 Å². The van der Waals surface area contributed by atoms with Crippen LogP contribution in [-0.2, 0) is 28.7 Å². The summed E-state index contributed by atoms with van der Waals surface area (Å²) in [5.74, 6) is -2.30. The van der Waals surface area contributed by atoms with Crippen molar-refractivity contribution in [3.05, 3.63) is 105 Å². The van der Waals surface area contributed by atoms with Crippen molar-refractivity contribution in [2.75, 3.05) is 6.54 Å². The predicted molar refractivity (Wildman–Crippen MR) is 145 cm³/mol. The van der Waals surface area contributed by atoms with Gasteiger partial charge >= 0.3 is 12.1 Å². The van der Waals surface area contributed by atoms with Crippen molar-refractivity contribution in [3.8, 4) is 0 Å². The fraction of sp³-hybridized carbons (Fsp3) is 0.355. The van der Waals surface area contributed by atoms with Crippen molar-refractivity contribution in [3.63, 3.8) is 0 Å².